The van der Waals surface area contributed by atoms with Crippen LogP contribution in [0.4, 0.5) is 10.1 Å². The Labute approximate surface area is 179 Å². The van der Waals surface area contributed by atoms with Gasteiger partial charge in [-0.05, 0) is 50.1 Å². The van der Waals surface area contributed by atoms with Crippen LogP contribution in [0.1, 0.15) is 23.2 Å². The first-order valence-electron chi connectivity index (χ1n) is 10.0. The van der Waals surface area contributed by atoms with Crippen molar-refractivity contribution in [1.82, 2.24) is 14.2 Å². The van der Waals surface area contributed by atoms with E-state index in [1.807, 2.05) is 55.8 Å². The van der Waals surface area contributed by atoms with Gasteiger partial charge in [0.15, 0.2) is 0 Å². The standard InChI is InChI=1S/C24H23FN4O2/c1-15-6-4-5-7-19(15)21-14-23-28(3)16(2)20(24(31)29(23)27-21)12-13-22(30)26-18-10-8-17(25)9-11-18/h4-11,14H,12-13H2,1-3H3,(H,26,30). The molecule has 0 aliphatic rings. The summed E-state index contributed by atoms with van der Waals surface area (Å²) in [5.74, 6) is -0.607. The van der Waals surface area contributed by atoms with Gasteiger partial charge in [-0.3, -0.25) is 9.59 Å². The smallest absolute Gasteiger partial charge is 0.277 e. The van der Waals surface area contributed by atoms with E-state index in [1.54, 1.807) is 0 Å². The van der Waals surface area contributed by atoms with Crippen LogP contribution in [-0.2, 0) is 18.3 Å². The summed E-state index contributed by atoms with van der Waals surface area (Å²) >= 11 is 0. The van der Waals surface area contributed by atoms with Crippen LogP contribution in [0.3, 0.4) is 0 Å². The first-order valence-corrected chi connectivity index (χ1v) is 10.0. The molecule has 0 bridgehead atoms. The number of benzene rings is 2. The molecule has 2 heterocycles. The molecule has 0 saturated carbocycles. The molecule has 1 amide bonds. The van der Waals surface area contributed by atoms with E-state index in [0.717, 1.165) is 22.5 Å². The number of nitrogens with zero attached hydrogens (tertiary/aromatic N) is 3. The zero-order valence-corrected chi connectivity index (χ0v) is 17.6. The Hall–Kier alpha value is -3.74. The van der Waals surface area contributed by atoms with Gasteiger partial charge in [0, 0.05) is 42.0 Å². The predicted molar refractivity (Wildman–Crippen MR) is 119 cm³/mol. The van der Waals surface area contributed by atoms with Crippen LogP contribution in [0, 0.1) is 19.7 Å². The number of hydrogen-bond donors (Lipinski definition) is 1. The van der Waals surface area contributed by atoms with Gasteiger partial charge in [-0.15, -0.1) is 0 Å². The van der Waals surface area contributed by atoms with Crippen molar-refractivity contribution in [2.75, 3.05) is 5.32 Å². The number of halogens is 1. The molecule has 7 heteroatoms. The highest BCUT2D eigenvalue weighted by atomic mass is 19.1. The fraction of sp³-hybridized carbons (Fsp3) is 0.208. The normalized spacial score (nSPS) is 11.1. The zero-order chi connectivity index (χ0) is 22.1. The lowest BCUT2D eigenvalue weighted by atomic mass is 10.1. The van der Waals surface area contributed by atoms with E-state index in [-0.39, 0.29) is 30.1 Å². The average molecular weight is 418 g/mol. The van der Waals surface area contributed by atoms with Gasteiger partial charge in [0.05, 0.1) is 5.69 Å². The van der Waals surface area contributed by atoms with Gasteiger partial charge in [-0.25, -0.2) is 4.39 Å². The summed E-state index contributed by atoms with van der Waals surface area (Å²) in [6.07, 6.45) is 0.409. The van der Waals surface area contributed by atoms with E-state index in [2.05, 4.69) is 10.4 Å². The minimum Gasteiger partial charge on any atom is -0.333 e. The van der Waals surface area contributed by atoms with Crippen molar-refractivity contribution < 1.29 is 9.18 Å². The topological polar surface area (TPSA) is 68.4 Å². The van der Waals surface area contributed by atoms with Crippen LogP contribution in [0.2, 0.25) is 0 Å². The summed E-state index contributed by atoms with van der Waals surface area (Å²) in [6, 6.07) is 15.4. The maximum Gasteiger partial charge on any atom is 0.277 e. The number of carbonyl (C=O) groups is 1. The molecule has 2 aromatic carbocycles. The van der Waals surface area contributed by atoms with Crippen LogP contribution in [-0.4, -0.2) is 20.1 Å². The Kier molecular flexibility index (Phi) is 5.42. The lowest BCUT2D eigenvalue weighted by Crippen LogP contribution is -2.26. The second-order valence-corrected chi connectivity index (χ2v) is 7.60. The molecule has 0 aliphatic carbocycles. The van der Waals surface area contributed by atoms with E-state index in [9.17, 15) is 14.0 Å². The molecule has 0 aliphatic heterocycles. The number of fused-ring (bicyclic) bond motifs is 1. The number of hydrogen-bond acceptors (Lipinski definition) is 3. The van der Waals surface area contributed by atoms with Gasteiger partial charge in [-0.2, -0.15) is 9.61 Å². The van der Waals surface area contributed by atoms with Gasteiger partial charge in [0.1, 0.15) is 11.5 Å². The molecule has 4 aromatic rings. The molecular weight excluding hydrogens is 395 g/mol. The Bertz CT molecular complexity index is 1340. The highest BCUT2D eigenvalue weighted by Gasteiger charge is 2.17. The molecule has 0 atom stereocenters. The maximum absolute atomic E-state index is 13.2. The highest BCUT2D eigenvalue weighted by Crippen LogP contribution is 2.23. The van der Waals surface area contributed by atoms with E-state index < -0.39 is 0 Å². The summed E-state index contributed by atoms with van der Waals surface area (Å²) in [7, 11) is 1.88. The van der Waals surface area contributed by atoms with Gasteiger partial charge >= 0.3 is 0 Å². The lowest BCUT2D eigenvalue weighted by Gasteiger charge is -2.12. The Balaban J connectivity index is 1.62. The van der Waals surface area contributed by atoms with Crippen LogP contribution in [0.15, 0.2) is 59.4 Å². The van der Waals surface area contributed by atoms with Crippen LogP contribution in [0.25, 0.3) is 16.9 Å². The minimum atomic E-state index is -0.366. The molecule has 31 heavy (non-hydrogen) atoms. The van der Waals surface area contributed by atoms with Gasteiger partial charge < -0.3 is 9.88 Å². The van der Waals surface area contributed by atoms with Gasteiger partial charge in [0.2, 0.25) is 5.91 Å². The van der Waals surface area contributed by atoms with E-state index in [0.29, 0.717) is 16.9 Å². The lowest BCUT2D eigenvalue weighted by molar-refractivity contribution is -0.116. The van der Waals surface area contributed by atoms with Crippen LogP contribution in [0.5, 0.6) is 0 Å². The molecule has 0 spiro atoms. The number of nitrogens with one attached hydrogen (secondary N) is 1. The third-order valence-corrected chi connectivity index (χ3v) is 5.58. The summed E-state index contributed by atoms with van der Waals surface area (Å²) in [4.78, 5) is 25.5. The molecule has 0 fully saturated rings. The molecule has 2 aromatic heterocycles. The van der Waals surface area contributed by atoms with Crippen molar-refractivity contribution in [3.05, 3.63) is 87.6 Å². The Morgan fingerprint density at radius 3 is 2.52 bits per heavy atom. The molecular formula is C24H23FN4O2. The number of rotatable bonds is 5. The van der Waals surface area contributed by atoms with Crippen molar-refractivity contribution in [3.8, 4) is 11.3 Å². The molecule has 6 nitrogen and oxygen atoms in total. The van der Waals surface area contributed by atoms with Crippen LogP contribution >= 0.6 is 0 Å². The second kappa shape index (κ2) is 8.18. The van der Waals surface area contributed by atoms with Crippen molar-refractivity contribution >= 4 is 17.2 Å². The SMILES string of the molecule is Cc1ccccc1-c1cc2n(C)c(C)c(CCC(=O)Nc3ccc(F)cc3)c(=O)n2n1. The first-order chi connectivity index (χ1) is 14.8. The predicted octanol–water partition coefficient (Wildman–Crippen LogP) is 4.03. The minimum absolute atomic E-state index is 0.130. The maximum atomic E-state index is 13.2. The molecule has 0 unspecified atom stereocenters. The van der Waals surface area contributed by atoms with E-state index >= 15 is 0 Å². The largest absolute Gasteiger partial charge is 0.333 e. The van der Waals surface area contributed by atoms with Crippen molar-refractivity contribution in [2.24, 2.45) is 7.05 Å². The zero-order valence-electron chi connectivity index (χ0n) is 17.6. The van der Waals surface area contributed by atoms with Crippen molar-refractivity contribution in [1.29, 1.82) is 0 Å². The number of carbonyl (C=O) groups excluding carboxylic acids is 1. The summed E-state index contributed by atoms with van der Waals surface area (Å²) in [5.41, 5.74) is 5.11. The molecule has 0 radical (unpaired) electrons. The quantitative estimate of drug-likeness (QED) is 0.532. The average Bonchev–Trinajstić information content (AvgIpc) is 3.20. The Morgan fingerprint density at radius 1 is 1.10 bits per heavy atom. The monoisotopic (exact) mass is 418 g/mol. The number of aryl methyl sites for hydroxylation is 2. The van der Waals surface area contributed by atoms with Gasteiger partial charge in [-0.1, -0.05) is 24.3 Å². The molecule has 0 saturated heterocycles. The van der Waals surface area contributed by atoms with Gasteiger partial charge in [0.25, 0.3) is 5.56 Å². The van der Waals surface area contributed by atoms with Crippen molar-refractivity contribution in [2.45, 2.75) is 26.7 Å². The first kappa shape index (κ1) is 20.5. The fourth-order valence-electron chi connectivity index (χ4n) is 3.69. The van der Waals surface area contributed by atoms with E-state index in [1.165, 1.54) is 28.8 Å². The molecule has 1 N–H and O–H groups in total. The number of amides is 1. The summed E-state index contributed by atoms with van der Waals surface area (Å²) in [6.45, 7) is 3.88. The number of anilines is 1. The number of aromatic nitrogens is 3. The highest BCUT2D eigenvalue weighted by molar-refractivity contribution is 5.90. The van der Waals surface area contributed by atoms with Crippen molar-refractivity contribution in [3.63, 3.8) is 0 Å². The third-order valence-electron chi connectivity index (χ3n) is 5.58. The second-order valence-electron chi connectivity index (χ2n) is 7.60. The molecule has 4 rings (SSSR count). The molecule has 158 valence electrons. The van der Waals surface area contributed by atoms with E-state index in [4.69, 9.17) is 0 Å². The summed E-state index contributed by atoms with van der Waals surface area (Å²) < 4.78 is 16.3. The Morgan fingerprint density at radius 2 is 1.81 bits per heavy atom. The summed E-state index contributed by atoms with van der Waals surface area (Å²) in [5, 5.41) is 7.28. The van der Waals surface area contributed by atoms with Crippen LogP contribution < -0.4 is 10.9 Å². The third kappa shape index (κ3) is 3.99. The fourth-order valence-corrected chi connectivity index (χ4v) is 3.69.